The number of imidazole rings is 1. The Bertz CT molecular complexity index is 865. The minimum Gasteiger partial charge on any atom is -0.483 e. The predicted octanol–water partition coefficient (Wildman–Crippen LogP) is -0.249. The summed E-state index contributed by atoms with van der Waals surface area (Å²) in [7, 11) is 3.40. The number of hydrogen-bond acceptors (Lipinski definition) is 7. The molecule has 2 aromatic heterocycles. The third kappa shape index (κ3) is 6.88. The van der Waals surface area contributed by atoms with Gasteiger partial charge in [0, 0.05) is 32.8 Å². The zero-order valence-electron chi connectivity index (χ0n) is 17.9. The van der Waals surface area contributed by atoms with Gasteiger partial charge in [-0.15, -0.1) is 5.10 Å². The molecule has 0 bridgehead atoms. The summed E-state index contributed by atoms with van der Waals surface area (Å²) in [5, 5.41) is 20.7. The van der Waals surface area contributed by atoms with Crippen LogP contribution in [0.15, 0.2) is 18.7 Å². The number of carbonyl (C=O) groups is 3. The van der Waals surface area contributed by atoms with Gasteiger partial charge in [-0.05, 0) is 26.2 Å². The van der Waals surface area contributed by atoms with Crippen LogP contribution in [0, 0.1) is 12.8 Å². The van der Waals surface area contributed by atoms with Crippen LogP contribution in [-0.2, 0) is 27.9 Å². The number of rotatable bonds is 7. The summed E-state index contributed by atoms with van der Waals surface area (Å²) in [6, 6.07) is -0.227. The molecule has 0 aromatic carbocycles. The molecule has 3 rings (SSSR count). The fourth-order valence-electron chi connectivity index (χ4n) is 3.58. The Morgan fingerprint density at radius 1 is 1.39 bits per heavy atom. The van der Waals surface area contributed by atoms with Crippen LogP contribution in [0.3, 0.4) is 0 Å². The number of amides is 2. The molecule has 3 N–H and O–H groups in total. The number of aryl methyl sites for hydroxylation is 2. The molecule has 0 aliphatic heterocycles. The molecule has 2 amide bonds. The molecular formula is C19H29N7O5. The average molecular weight is 435 g/mol. The van der Waals surface area contributed by atoms with E-state index in [2.05, 4.69) is 25.9 Å². The Balaban J connectivity index is 0.00000107. The zero-order chi connectivity index (χ0) is 22.8. The molecule has 12 heteroatoms. The summed E-state index contributed by atoms with van der Waals surface area (Å²) in [4.78, 5) is 37.4. The van der Waals surface area contributed by atoms with Gasteiger partial charge in [-0.25, -0.2) is 4.98 Å². The van der Waals surface area contributed by atoms with Gasteiger partial charge in [0.2, 0.25) is 5.91 Å². The number of hydrogen-bond donors (Lipinski definition) is 3. The number of methoxy groups -OCH3 is 1. The maximum atomic E-state index is 12.6. The van der Waals surface area contributed by atoms with Crippen LogP contribution < -0.4 is 10.6 Å². The highest BCUT2D eigenvalue weighted by molar-refractivity contribution is 5.92. The van der Waals surface area contributed by atoms with Crippen LogP contribution in [0.25, 0.3) is 0 Å². The van der Waals surface area contributed by atoms with Gasteiger partial charge in [0.1, 0.15) is 5.69 Å². The lowest BCUT2D eigenvalue weighted by molar-refractivity contribution is -0.127. The molecule has 1 aliphatic rings. The van der Waals surface area contributed by atoms with E-state index in [1.165, 1.54) is 6.20 Å². The van der Waals surface area contributed by atoms with Gasteiger partial charge in [-0.3, -0.25) is 19.1 Å². The molecule has 2 aromatic rings. The molecule has 170 valence electrons. The molecular weight excluding hydrogens is 406 g/mol. The summed E-state index contributed by atoms with van der Waals surface area (Å²) in [5.74, 6) is -0.387. The first-order chi connectivity index (χ1) is 14.9. The van der Waals surface area contributed by atoms with E-state index in [1.807, 2.05) is 13.1 Å². The Hall–Kier alpha value is -3.28. The molecule has 1 saturated carbocycles. The van der Waals surface area contributed by atoms with Crippen LogP contribution in [-0.4, -0.2) is 73.7 Å². The topological polar surface area (TPSA) is 153 Å². The van der Waals surface area contributed by atoms with Crippen LogP contribution in [0.4, 0.5) is 0 Å². The molecule has 1 fully saturated rings. The van der Waals surface area contributed by atoms with Crippen molar-refractivity contribution in [3.8, 4) is 0 Å². The number of nitrogens with one attached hydrogen (secondary N) is 2. The summed E-state index contributed by atoms with van der Waals surface area (Å²) in [5.41, 5.74) is 1.32. The predicted molar refractivity (Wildman–Crippen MR) is 109 cm³/mol. The molecule has 1 aliphatic carbocycles. The van der Waals surface area contributed by atoms with Crippen molar-refractivity contribution in [2.24, 2.45) is 13.0 Å². The summed E-state index contributed by atoms with van der Waals surface area (Å²) in [6.45, 7) is 2.68. The van der Waals surface area contributed by atoms with Gasteiger partial charge in [0.05, 0.1) is 36.9 Å². The van der Waals surface area contributed by atoms with E-state index in [0.29, 0.717) is 31.6 Å². The Labute approximate surface area is 180 Å². The van der Waals surface area contributed by atoms with Crippen LogP contribution in [0.5, 0.6) is 0 Å². The van der Waals surface area contributed by atoms with E-state index in [9.17, 15) is 9.59 Å². The quantitative estimate of drug-likeness (QED) is 0.503. The highest BCUT2D eigenvalue weighted by Crippen LogP contribution is 2.27. The van der Waals surface area contributed by atoms with Gasteiger partial charge >= 0.3 is 0 Å². The fourth-order valence-corrected chi connectivity index (χ4v) is 3.58. The SMILES string of the molecule is CO[C@@H]1CC[C@H](C(=O)NCCn2cc(C)nn2)C[C@H]1NC(=O)c1cncn1C.O=CO. The standard InChI is InChI=1S/C18H27N7O3.CH2O2/c1-12-10-25(23-22-12)7-6-20-17(26)13-4-5-16(28-3)14(8-13)21-18(27)15-9-19-11-24(15)2;2-1-3/h9-11,13-14,16H,4-8H2,1-3H3,(H,20,26)(H,21,27);1H,(H,2,3)/t13-,14+,16+;/m0./s1. The lowest BCUT2D eigenvalue weighted by Gasteiger charge is -2.35. The smallest absolute Gasteiger partial charge is 0.290 e. The van der Waals surface area contributed by atoms with Crippen molar-refractivity contribution < 1.29 is 24.2 Å². The largest absolute Gasteiger partial charge is 0.483 e. The number of ether oxygens (including phenoxy) is 1. The van der Waals surface area contributed by atoms with Crippen LogP contribution in [0.1, 0.15) is 35.4 Å². The first kappa shape index (κ1) is 24.0. The second-order valence-corrected chi connectivity index (χ2v) is 7.27. The third-order valence-electron chi connectivity index (χ3n) is 5.12. The van der Waals surface area contributed by atoms with E-state index in [-0.39, 0.29) is 36.4 Å². The van der Waals surface area contributed by atoms with Crippen molar-refractivity contribution in [2.45, 2.75) is 44.9 Å². The molecule has 0 spiro atoms. The highest BCUT2D eigenvalue weighted by atomic mass is 16.5. The first-order valence-electron chi connectivity index (χ1n) is 9.91. The Morgan fingerprint density at radius 2 is 2.13 bits per heavy atom. The maximum absolute atomic E-state index is 12.6. The monoisotopic (exact) mass is 435 g/mol. The van der Waals surface area contributed by atoms with E-state index in [0.717, 1.165) is 12.1 Å². The molecule has 31 heavy (non-hydrogen) atoms. The number of nitrogens with zero attached hydrogens (tertiary/aromatic N) is 5. The van der Waals surface area contributed by atoms with Gasteiger partial charge in [-0.1, -0.05) is 5.21 Å². The lowest BCUT2D eigenvalue weighted by atomic mass is 9.83. The van der Waals surface area contributed by atoms with Crippen molar-refractivity contribution in [3.63, 3.8) is 0 Å². The van der Waals surface area contributed by atoms with Crippen molar-refractivity contribution in [2.75, 3.05) is 13.7 Å². The summed E-state index contributed by atoms with van der Waals surface area (Å²) in [6.07, 6.45) is 6.81. The zero-order valence-corrected chi connectivity index (χ0v) is 17.9. The van der Waals surface area contributed by atoms with E-state index in [1.54, 1.807) is 29.7 Å². The van der Waals surface area contributed by atoms with Gasteiger partial charge in [-0.2, -0.15) is 0 Å². The van der Waals surface area contributed by atoms with Crippen LogP contribution in [0.2, 0.25) is 0 Å². The number of aromatic nitrogens is 5. The summed E-state index contributed by atoms with van der Waals surface area (Å²) < 4.78 is 8.90. The first-order valence-corrected chi connectivity index (χ1v) is 9.91. The van der Waals surface area contributed by atoms with Crippen molar-refractivity contribution in [1.82, 2.24) is 35.2 Å². The maximum Gasteiger partial charge on any atom is 0.290 e. The molecule has 2 heterocycles. The number of carboxylic acid groups (broad SMARTS) is 1. The molecule has 0 radical (unpaired) electrons. The fraction of sp³-hybridized carbons (Fsp3) is 0.579. The van der Waals surface area contributed by atoms with E-state index < -0.39 is 0 Å². The van der Waals surface area contributed by atoms with Gasteiger partial charge in [0.25, 0.3) is 12.4 Å². The molecule has 0 unspecified atom stereocenters. The Kier molecular flexibility index (Phi) is 9.13. The second kappa shape index (κ2) is 11.8. The number of carbonyl (C=O) groups excluding carboxylic acids is 2. The lowest BCUT2D eigenvalue weighted by Crippen LogP contribution is -2.50. The minimum atomic E-state index is -0.250. The second-order valence-electron chi connectivity index (χ2n) is 7.27. The molecule has 12 nitrogen and oxygen atoms in total. The van der Waals surface area contributed by atoms with Gasteiger partial charge in [0.15, 0.2) is 0 Å². The van der Waals surface area contributed by atoms with Crippen LogP contribution >= 0.6 is 0 Å². The highest BCUT2D eigenvalue weighted by Gasteiger charge is 2.35. The van der Waals surface area contributed by atoms with Crippen molar-refractivity contribution >= 4 is 18.3 Å². The van der Waals surface area contributed by atoms with E-state index in [4.69, 9.17) is 14.6 Å². The van der Waals surface area contributed by atoms with E-state index >= 15 is 0 Å². The van der Waals surface area contributed by atoms with Crippen molar-refractivity contribution in [3.05, 3.63) is 30.1 Å². The Morgan fingerprint density at radius 3 is 2.71 bits per heavy atom. The molecule has 0 saturated heterocycles. The normalized spacial score (nSPS) is 20.3. The minimum absolute atomic E-state index is 0.00817. The average Bonchev–Trinajstić information content (AvgIpc) is 3.36. The van der Waals surface area contributed by atoms with Gasteiger partial charge < -0.3 is 25.0 Å². The van der Waals surface area contributed by atoms with Crippen molar-refractivity contribution in [1.29, 1.82) is 0 Å². The molecule has 3 atom stereocenters. The third-order valence-corrected chi connectivity index (χ3v) is 5.12. The summed E-state index contributed by atoms with van der Waals surface area (Å²) >= 11 is 0.